The van der Waals surface area contributed by atoms with Crippen LogP contribution in [0.25, 0.3) is 10.2 Å². The average molecular weight is 372 g/mol. The molecule has 2 aromatic carbocycles. The predicted octanol–water partition coefficient (Wildman–Crippen LogP) is 3.42. The van der Waals surface area contributed by atoms with Crippen LogP contribution in [0.15, 0.2) is 58.9 Å². The van der Waals surface area contributed by atoms with E-state index < -0.39 is 12.0 Å². The lowest BCUT2D eigenvalue weighted by molar-refractivity contribution is -0.145. The minimum absolute atomic E-state index is 0.181. The Balaban J connectivity index is 1.64. The highest BCUT2D eigenvalue weighted by Gasteiger charge is 2.23. The lowest BCUT2D eigenvalue weighted by Gasteiger charge is -2.16. The van der Waals surface area contributed by atoms with E-state index in [2.05, 4.69) is 10.3 Å². The maximum Gasteiger partial charge on any atom is 0.333 e. The van der Waals surface area contributed by atoms with E-state index in [0.717, 1.165) is 14.6 Å². The van der Waals surface area contributed by atoms with E-state index in [-0.39, 0.29) is 11.7 Å². The van der Waals surface area contributed by atoms with Crippen LogP contribution in [-0.4, -0.2) is 29.7 Å². The van der Waals surface area contributed by atoms with Gasteiger partial charge < -0.3 is 10.1 Å². The Hall–Kier alpha value is -2.38. The maximum absolute atomic E-state index is 12.3. The Kier molecular flexibility index (Phi) is 5.67. The topological polar surface area (TPSA) is 68.3 Å². The van der Waals surface area contributed by atoms with Crippen LogP contribution in [0.4, 0.5) is 0 Å². The van der Waals surface area contributed by atoms with Crippen LogP contribution in [-0.2, 0) is 14.3 Å². The molecule has 1 N–H and O–H groups in total. The molecule has 128 valence electrons. The van der Waals surface area contributed by atoms with Crippen LogP contribution < -0.4 is 5.32 Å². The van der Waals surface area contributed by atoms with Gasteiger partial charge in [-0.25, -0.2) is 9.78 Å². The first-order chi connectivity index (χ1) is 12.2. The van der Waals surface area contributed by atoms with Crippen molar-refractivity contribution in [3.8, 4) is 0 Å². The second kappa shape index (κ2) is 8.13. The van der Waals surface area contributed by atoms with Gasteiger partial charge in [-0.05, 0) is 17.7 Å². The number of benzene rings is 2. The highest BCUT2D eigenvalue weighted by Crippen LogP contribution is 2.29. The van der Waals surface area contributed by atoms with E-state index in [1.807, 2.05) is 42.5 Å². The molecule has 1 aromatic heterocycles. The molecule has 0 spiro atoms. The number of fused-ring (bicyclic) bond motifs is 1. The first-order valence-electron chi connectivity index (χ1n) is 7.58. The molecule has 3 rings (SSSR count). The molecule has 3 aromatic rings. The van der Waals surface area contributed by atoms with Crippen molar-refractivity contribution in [3.63, 3.8) is 0 Å². The van der Waals surface area contributed by atoms with Gasteiger partial charge in [0.1, 0.15) is 0 Å². The number of thiazole rings is 1. The van der Waals surface area contributed by atoms with Gasteiger partial charge in [-0.15, -0.1) is 11.3 Å². The summed E-state index contributed by atoms with van der Waals surface area (Å²) in [4.78, 5) is 28.7. The molecule has 0 aliphatic carbocycles. The van der Waals surface area contributed by atoms with Gasteiger partial charge in [0, 0.05) is 0 Å². The second-order valence-corrected chi connectivity index (χ2v) is 7.42. The number of rotatable bonds is 6. The number of amides is 1. The summed E-state index contributed by atoms with van der Waals surface area (Å²) in [7, 11) is 1.31. The van der Waals surface area contributed by atoms with Gasteiger partial charge in [0.2, 0.25) is 5.91 Å². The lowest BCUT2D eigenvalue weighted by atomic mass is 10.1. The van der Waals surface area contributed by atoms with E-state index in [0.29, 0.717) is 5.56 Å². The van der Waals surface area contributed by atoms with E-state index in [1.165, 1.54) is 18.9 Å². The normalized spacial score (nSPS) is 11.9. The SMILES string of the molecule is COC(=O)[C@H](NC(=O)CSc1nc2ccccc2s1)c1ccccc1. The van der Waals surface area contributed by atoms with Gasteiger partial charge >= 0.3 is 5.97 Å². The molecule has 0 saturated carbocycles. The minimum atomic E-state index is -0.810. The van der Waals surface area contributed by atoms with Crippen LogP contribution in [0.2, 0.25) is 0 Å². The molecule has 7 heteroatoms. The molecule has 0 aliphatic heterocycles. The van der Waals surface area contributed by atoms with Crippen molar-refractivity contribution in [2.24, 2.45) is 0 Å². The molecule has 5 nitrogen and oxygen atoms in total. The van der Waals surface area contributed by atoms with E-state index in [1.54, 1.807) is 23.5 Å². The number of hydrogen-bond donors (Lipinski definition) is 1. The summed E-state index contributed by atoms with van der Waals surface area (Å²) < 4.78 is 6.71. The minimum Gasteiger partial charge on any atom is -0.467 e. The fourth-order valence-corrected chi connectivity index (χ4v) is 4.16. The summed E-state index contributed by atoms with van der Waals surface area (Å²) in [5.41, 5.74) is 1.61. The number of aromatic nitrogens is 1. The standard InChI is InChI=1S/C18H16N2O3S2/c1-23-17(22)16(12-7-3-2-4-8-12)20-15(21)11-24-18-19-13-9-5-6-10-14(13)25-18/h2-10,16H,11H2,1H3,(H,20,21)/t16-/m1/s1. The van der Waals surface area contributed by atoms with Gasteiger partial charge in [-0.2, -0.15) is 0 Å². The first-order valence-corrected chi connectivity index (χ1v) is 9.38. The third-order valence-corrected chi connectivity index (χ3v) is 5.66. The van der Waals surface area contributed by atoms with Gasteiger partial charge in [0.05, 0.1) is 23.1 Å². The largest absolute Gasteiger partial charge is 0.467 e. The number of para-hydroxylation sites is 1. The van der Waals surface area contributed by atoms with Crippen molar-refractivity contribution < 1.29 is 14.3 Å². The molecule has 25 heavy (non-hydrogen) atoms. The van der Waals surface area contributed by atoms with Crippen LogP contribution in [0, 0.1) is 0 Å². The predicted molar refractivity (Wildman–Crippen MR) is 99.7 cm³/mol. The number of methoxy groups -OCH3 is 1. The summed E-state index contributed by atoms with van der Waals surface area (Å²) in [5, 5.41) is 2.73. The fourth-order valence-electron chi connectivity index (χ4n) is 2.28. The van der Waals surface area contributed by atoms with Gasteiger partial charge in [0.15, 0.2) is 10.4 Å². The fraction of sp³-hybridized carbons (Fsp3) is 0.167. The van der Waals surface area contributed by atoms with Crippen LogP contribution >= 0.6 is 23.1 Å². The van der Waals surface area contributed by atoms with Gasteiger partial charge in [0.25, 0.3) is 0 Å². The zero-order valence-electron chi connectivity index (χ0n) is 13.5. The molecular weight excluding hydrogens is 356 g/mol. The Morgan fingerprint density at radius 3 is 2.60 bits per heavy atom. The molecule has 0 fully saturated rings. The number of nitrogens with one attached hydrogen (secondary N) is 1. The molecule has 1 amide bonds. The summed E-state index contributed by atoms with van der Waals surface area (Å²) in [6, 6.07) is 16.1. The molecule has 0 bridgehead atoms. The van der Waals surface area contributed by atoms with Crippen molar-refractivity contribution in [2.45, 2.75) is 10.4 Å². The summed E-state index contributed by atoms with van der Waals surface area (Å²) in [6.45, 7) is 0. The summed E-state index contributed by atoms with van der Waals surface area (Å²) in [5.74, 6) is -0.562. The van der Waals surface area contributed by atoms with E-state index in [4.69, 9.17) is 4.74 Å². The van der Waals surface area contributed by atoms with Crippen molar-refractivity contribution >= 4 is 45.2 Å². The number of carbonyl (C=O) groups is 2. The highest BCUT2D eigenvalue weighted by atomic mass is 32.2. The molecule has 0 unspecified atom stereocenters. The molecule has 0 saturated heterocycles. The van der Waals surface area contributed by atoms with Crippen molar-refractivity contribution in [1.29, 1.82) is 0 Å². The highest BCUT2D eigenvalue weighted by molar-refractivity contribution is 8.01. The quantitative estimate of drug-likeness (QED) is 0.530. The summed E-state index contributed by atoms with van der Waals surface area (Å²) >= 11 is 2.90. The third-order valence-electron chi connectivity index (χ3n) is 3.48. The number of esters is 1. The number of nitrogens with zero attached hydrogens (tertiary/aromatic N) is 1. The summed E-state index contributed by atoms with van der Waals surface area (Å²) in [6.07, 6.45) is 0. The second-order valence-electron chi connectivity index (χ2n) is 5.17. The Labute approximate surface area is 153 Å². The number of carbonyl (C=O) groups excluding carboxylic acids is 2. The zero-order chi connectivity index (χ0) is 17.6. The number of hydrogen-bond acceptors (Lipinski definition) is 6. The van der Waals surface area contributed by atoms with Crippen LogP contribution in [0.3, 0.4) is 0 Å². The Bertz CT molecular complexity index is 847. The molecule has 1 atom stereocenters. The van der Waals surface area contributed by atoms with Crippen molar-refractivity contribution in [2.75, 3.05) is 12.9 Å². The Morgan fingerprint density at radius 2 is 1.88 bits per heavy atom. The van der Waals surface area contributed by atoms with Gasteiger partial charge in [-0.3, -0.25) is 4.79 Å². The van der Waals surface area contributed by atoms with Crippen LogP contribution in [0.5, 0.6) is 0 Å². The van der Waals surface area contributed by atoms with E-state index >= 15 is 0 Å². The molecular formula is C18H16N2O3S2. The third kappa shape index (κ3) is 4.37. The van der Waals surface area contributed by atoms with Gasteiger partial charge in [-0.1, -0.05) is 54.2 Å². The van der Waals surface area contributed by atoms with Crippen molar-refractivity contribution in [1.82, 2.24) is 10.3 Å². The first kappa shape index (κ1) is 17.4. The molecule has 0 aliphatic rings. The molecule has 0 radical (unpaired) electrons. The zero-order valence-corrected chi connectivity index (χ0v) is 15.1. The smallest absolute Gasteiger partial charge is 0.333 e. The number of thioether (sulfide) groups is 1. The van der Waals surface area contributed by atoms with Crippen molar-refractivity contribution in [3.05, 3.63) is 60.2 Å². The average Bonchev–Trinajstić information content (AvgIpc) is 3.07. The van der Waals surface area contributed by atoms with E-state index in [9.17, 15) is 9.59 Å². The number of ether oxygens (including phenoxy) is 1. The maximum atomic E-state index is 12.3. The molecule has 1 heterocycles. The Morgan fingerprint density at radius 1 is 1.16 bits per heavy atom. The monoisotopic (exact) mass is 372 g/mol. The lowest BCUT2D eigenvalue weighted by Crippen LogP contribution is -2.35. The van der Waals surface area contributed by atoms with Crippen LogP contribution in [0.1, 0.15) is 11.6 Å².